The Morgan fingerprint density at radius 3 is 2.62 bits per heavy atom. The van der Waals surface area contributed by atoms with E-state index in [1.54, 1.807) is 7.11 Å². The van der Waals surface area contributed by atoms with Crippen LogP contribution in [-0.2, 0) is 16.0 Å². The number of carbonyl (C=O) groups is 1. The number of nitrogens with zero attached hydrogens (tertiary/aromatic N) is 1. The summed E-state index contributed by atoms with van der Waals surface area (Å²) in [5.41, 5.74) is 1.18. The van der Waals surface area contributed by atoms with E-state index in [0.29, 0.717) is 19.2 Å². The lowest BCUT2D eigenvalue weighted by molar-refractivity contribution is -0.122. The summed E-state index contributed by atoms with van der Waals surface area (Å²) in [6, 6.07) is 7.73. The van der Waals surface area contributed by atoms with Gasteiger partial charge in [-0.05, 0) is 37.0 Å². The van der Waals surface area contributed by atoms with E-state index >= 15 is 0 Å². The summed E-state index contributed by atoms with van der Waals surface area (Å²) in [5.74, 6) is 0.0971. The van der Waals surface area contributed by atoms with Crippen molar-refractivity contribution in [3.63, 3.8) is 0 Å². The minimum Gasteiger partial charge on any atom is -0.381 e. The van der Waals surface area contributed by atoms with E-state index in [4.69, 9.17) is 16.3 Å². The van der Waals surface area contributed by atoms with Gasteiger partial charge in [0, 0.05) is 31.8 Å². The first kappa shape index (κ1) is 16.3. The van der Waals surface area contributed by atoms with Gasteiger partial charge in [-0.25, -0.2) is 0 Å². The fourth-order valence-corrected chi connectivity index (χ4v) is 2.69. The highest BCUT2D eigenvalue weighted by Gasteiger charge is 2.20. The van der Waals surface area contributed by atoms with Crippen LogP contribution in [0.3, 0.4) is 0 Å². The molecule has 4 nitrogen and oxygen atoms in total. The first-order valence-electron chi connectivity index (χ1n) is 7.43. The molecule has 1 heterocycles. The number of hydrogen-bond acceptors (Lipinski definition) is 3. The number of likely N-dealkylation sites (tertiary alicyclic amines) is 1. The van der Waals surface area contributed by atoms with Gasteiger partial charge in [-0.2, -0.15) is 0 Å². The molecule has 0 bridgehead atoms. The van der Waals surface area contributed by atoms with Crippen molar-refractivity contribution in [2.24, 2.45) is 0 Å². The molecule has 21 heavy (non-hydrogen) atoms. The summed E-state index contributed by atoms with van der Waals surface area (Å²) >= 11 is 5.84. The number of rotatable bonds is 6. The number of hydrogen-bond donors (Lipinski definition) is 1. The quantitative estimate of drug-likeness (QED) is 0.875. The second-order valence-electron chi connectivity index (χ2n) is 5.44. The van der Waals surface area contributed by atoms with Crippen molar-refractivity contribution >= 4 is 17.5 Å². The smallest absolute Gasteiger partial charge is 0.234 e. The maximum absolute atomic E-state index is 11.9. The molecule has 1 fully saturated rings. The molecule has 1 saturated heterocycles. The van der Waals surface area contributed by atoms with Crippen LogP contribution in [0, 0.1) is 0 Å². The molecular formula is C16H23ClN2O2. The Balaban J connectivity index is 1.62. The summed E-state index contributed by atoms with van der Waals surface area (Å²) in [4.78, 5) is 14.1. The molecule has 5 heteroatoms. The molecular weight excluding hydrogens is 288 g/mol. The Morgan fingerprint density at radius 2 is 2.00 bits per heavy atom. The highest BCUT2D eigenvalue weighted by atomic mass is 35.5. The van der Waals surface area contributed by atoms with Gasteiger partial charge in [0.2, 0.25) is 5.91 Å². The molecule has 1 aromatic rings. The highest BCUT2D eigenvalue weighted by Crippen LogP contribution is 2.12. The molecule has 1 aliphatic heterocycles. The third kappa shape index (κ3) is 5.65. The standard InChI is InChI=1S/C16H23ClN2O2/c1-21-15-7-10-19(11-8-15)12-16(20)18-9-6-13-2-4-14(17)5-3-13/h2-5,15H,6-12H2,1H3,(H,18,20). The van der Waals surface area contributed by atoms with Crippen molar-refractivity contribution in [3.05, 3.63) is 34.9 Å². The first-order chi connectivity index (χ1) is 10.2. The zero-order valence-electron chi connectivity index (χ0n) is 12.5. The molecule has 2 rings (SSSR count). The van der Waals surface area contributed by atoms with Crippen molar-refractivity contribution in [1.82, 2.24) is 10.2 Å². The average molecular weight is 311 g/mol. The number of methoxy groups -OCH3 is 1. The minimum atomic E-state index is 0.0971. The van der Waals surface area contributed by atoms with Gasteiger partial charge in [0.25, 0.3) is 0 Å². The van der Waals surface area contributed by atoms with Crippen molar-refractivity contribution in [2.75, 3.05) is 33.3 Å². The Kier molecular flexibility index (Phi) is 6.49. The zero-order chi connectivity index (χ0) is 15.1. The third-order valence-corrected chi connectivity index (χ3v) is 4.14. The molecule has 0 saturated carbocycles. The number of carbonyl (C=O) groups excluding carboxylic acids is 1. The second kappa shape index (κ2) is 8.37. The first-order valence-corrected chi connectivity index (χ1v) is 7.81. The number of benzene rings is 1. The third-order valence-electron chi connectivity index (χ3n) is 3.88. The van der Waals surface area contributed by atoms with E-state index in [-0.39, 0.29) is 5.91 Å². The van der Waals surface area contributed by atoms with Crippen LogP contribution < -0.4 is 5.32 Å². The second-order valence-corrected chi connectivity index (χ2v) is 5.87. The number of halogens is 1. The number of ether oxygens (including phenoxy) is 1. The zero-order valence-corrected chi connectivity index (χ0v) is 13.2. The summed E-state index contributed by atoms with van der Waals surface area (Å²) in [6.45, 7) is 3.01. The van der Waals surface area contributed by atoms with Gasteiger partial charge >= 0.3 is 0 Å². The van der Waals surface area contributed by atoms with Gasteiger partial charge in [-0.3, -0.25) is 9.69 Å². The fourth-order valence-electron chi connectivity index (χ4n) is 2.56. The van der Waals surface area contributed by atoms with Crippen LogP contribution in [0.4, 0.5) is 0 Å². The van der Waals surface area contributed by atoms with Gasteiger partial charge in [0.1, 0.15) is 0 Å². The lowest BCUT2D eigenvalue weighted by atomic mass is 10.1. The number of amides is 1. The molecule has 0 radical (unpaired) electrons. The molecule has 1 aliphatic rings. The molecule has 0 spiro atoms. The molecule has 0 aromatic heterocycles. The van der Waals surface area contributed by atoms with Crippen LogP contribution in [0.25, 0.3) is 0 Å². The number of nitrogens with one attached hydrogen (secondary N) is 1. The predicted molar refractivity (Wildman–Crippen MR) is 84.6 cm³/mol. The Hall–Kier alpha value is -1.10. The normalized spacial score (nSPS) is 16.9. The lowest BCUT2D eigenvalue weighted by Crippen LogP contribution is -2.43. The van der Waals surface area contributed by atoms with Crippen molar-refractivity contribution in [1.29, 1.82) is 0 Å². The van der Waals surface area contributed by atoms with Crippen LogP contribution in [0.5, 0.6) is 0 Å². The van der Waals surface area contributed by atoms with E-state index in [1.807, 2.05) is 24.3 Å². The highest BCUT2D eigenvalue weighted by molar-refractivity contribution is 6.30. The lowest BCUT2D eigenvalue weighted by Gasteiger charge is -2.30. The number of piperidine rings is 1. The van der Waals surface area contributed by atoms with E-state index in [9.17, 15) is 4.79 Å². The van der Waals surface area contributed by atoms with Gasteiger partial charge in [-0.1, -0.05) is 23.7 Å². The van der Waals surface area contributed by atoms with E-state index in [0.717, 1.165) is 37.4 Å². The monoisotopic (exact) mass is 310 g/mol. The van der Waals surface area contributed by atoms with Crippen molar-refractivity contribution in [3.8, 4) is 0 Å². The summed E-state index contributed by atoms with van der Waals surface area (Å²) in [5, 5.41) is 3.71. The van der Waals surface area contributed by atoms with Crippen LogP contribution in [0.2, 0.25) is 5.02 Å². The largest absolute Gasteiger partial charge is 0.381 e. The Morgan fingerprint density at radius 1 is 1.33 bits per heavy atom. The van der Waals surface area contributed by atoms with Gasteiger partial charge in [-0.15, -0.1) is 0 Å². The summed E-state index contributed by atoms with van der Waals surface area (Å²) in [7, 11) is 1.75. The maximum Gasteiger partial charge on any atom is 0.234 e. The SMILES string of the molecule is COC1CCN(CC(=O)NCCc2ccc(Cl)cc2)CC1. The molecule has 1 aromatic carbocycles. The van der Waals surface area contributed by atoms with Crippen LogP contribution in [0.1, 0.15) is 18.4 Å². The topological polar surface area (TPSA) is 41.6 Å². The van der Waals surface area contributed by atoms with Gasteiger partial charge in [0.05, 0.1) is 12.6 Å². The van der Waals surface area contributed by atoms with E-state index in [1.165, 1.54) is 5.56 Å². The summed E-state index contributed by atoms with van der Waals surface area (Å²) in [6.07, 6.45) is 3.20. The van der Waals surface area contributed by atoms with Crippen molar-refractivity contribution in [2.45, 2.75) is 25.4 Å². The van der Waals surface area contributed by atoms with Crippen LogP contribution in [-0.4, -0.2) is 50.2 Å². The molecule has 1 N–H and O–H groups in total. The predicted octanol–water partition coefficient (Wildman–Crippen LogP) is 2.11. The van der Waals surface area contributed by atoms with Gasteiger partial charge in [0.15, 0.2) is 0 Å². The molecule has 0 atom stereocenters. The average Bonchev–Trinajstić information content (AvgIpc) is 2.50. The van der Waals surface area contributed by atoms with E-state index in [2.05, 4.69) is 10.2 Å². The van der Waals surface area contributed by atoms with Crippen molar-refractivity contribution < 1.29 is 9.53 Å². The van der Waals surface area contributed by atoms with Crippen LogP contribution >= 0.6 is 11.6 Å². The summed E-state index contributed by atoms with van der Waals surface area (Å²) < 4.78 is 5.33. The minimum absolute atomic E-state index is 0.0971. The molecule has 1 amide bonds. The van der Waals surface area contributed by atoms with E-state index < -0.39 is 0 Å². The Labute approximate surface area is 131 Å². The van der Waals surface area contributed by atoms with Gasteiger partial charge < -0.3 is 10.1 Å². The fraction of sp³-hybridized carbons (Fsp3) is 0.562. The molecule has 0 unspecified atom stereocenters. The van der Waals surface area contributed by atoms with Crippen LogP contribution in [0.15, 0.2) is 24.3 Å². The molecule has 116 valence electrons. The Bertz CT molecular complexity index is 442. The molecule has 0 aliphatic carbocycles. The maximum atomic E-state index is 11.9.